The van der Waals surface area contributed by atoms with E-state index < -0.39 is 18.1 Å². The highest BCUT2D eigenvalue weighted by atomic mass is 79.9. The molecular weight excluding hydrogens is 580 g/mol. The number of rotatable bonds is 10. The van der Waals surface area contributed by atoms with Crippen molar-refractivity contribution in [3.05, 3.63) is 57.8 Å². The van der Waals surface area contributed by atoms with E-state index in [9.17, 15) is 8.42 Å². The van der Waals surface area contributed by atoms with Crippen molar-refractivity contribution in [1.82, 2.24) is 18.8 Å². The highest BCUT2D eigenvalue weighted by Crippen LogP contribution is 2.29. The van der Waals surface area contributed by atoms with Gasteiger partial charge in [-0.2, -0.15) is 4.31 Å². The van der Waals surface area contributed by atoms with Crippen molar-refractivity contribution in [1.29, 1.82) is 0 Å². The second-order valence-electron chi connectivity index (χ2n) is 10.5. The summed E-state index contributed by atoms with van der Waals surface area (Å²) in [5.74, 6) is 0. The van der Waals surface area contributed by atoms with Gasteiger partial charge in [0, 0.05) is 56.9 Å². The van der Waals surface area contributed by atoms with Gasteiger partial charge in [0.05, 0.1) is 16.7 Å². The molecule has 36 heavy (non-hydrogen) atoms. The average Bonchev–Trinajstić information content (AvgIpc) is 3.25. The topological polar surface area (TPSA) is 67.7 Å². The summed E-state index contributed by atoms with van der Waals surface area (Å²) in [6, 6.07) is 12.3. The highest BCUT2D eigenvalue weighted by molar-refractivity contribution is 9.10. The lowest BCUT2D eigenvalue weighted by Crippen LogP contribution is -2.49. The van der Waals surface area contributed by atoms with Crippen LogP contribution in [0.25, 0.3) is 11.0 Å². The Hall–Kier alpha value is -1.27. The minimum Gasteiger partial charge on any atom is -0.361 e. The minimum atomic E-state index is -3.62. The predicted octanol–water partition coefficient (Wildman–Crippen LogP) is 5.31. The number of aromatic nitrogens is 2. The summed E-state index contributed by atoms with van der Waals surface area (Å²) in [6.45, 7) is 11.2. The van der Waals surface area contributed by atoms with Gasteiger partial charge in [-0.05, 0) is 58.2 Å². The number of ether oxygens (including phenoxy) is 1. The molecule has 3 aromatic rings. The lowest BCUT2D eigenvalue weighted by molar-refractivity contribution is 0.0898. The van der Waals surface area contributed by atoms with E-state index >= 15 is 0 Å². The molecule has 0 saturated carbocycles. The quantitative estimate of drug-likeness (QED) is 0.229. The van der Waals surface area contributed by atoms with Crippen molar-refractivity contribution < 1.29 is 13.2 Å². The number of benzene rings is 2. The van der Waals surface area contributed by atoms with Gasteiger partial charge >= 0.3 is 0 Å². The first-order valence-corrected chi connectivity index (χ1v) is 18.5. The molecule has 2 heterocycles. The Morgan fingerprint density at radius 3 is 2.44 bits per heavy atom. The van der Waals surface area contributed by atoms with Gasteiger partial charge in [-0.1, -0.05) is 43.4 Å². The van der Waals surface area contributed by atoms with Crippen LogP contribution in [-0.2, 0) is 27.9 Å². The van der Waals surface area contributed by atoms with Crippen LogP contribution in [0.2, 0.25) is 30.7 Å². The average molecular weight is 614 g/mol. The van der Waals surface area contributed by atoms with E-state index in [0.717, 1.165) is 35.1 Å². The molecule has 4 rings (SSSR count). The largest absolute Gasteiger partial charge is 0.361 e. The molecule has 0 bridgehead atoms. The normalized spacial score (nSPS) is 16.1. The lowest BCUT2D eigenvalue weighted by Gasteiger charge is -2.34. The Morgan fingerprint density at radius 1 is 1.08 bits per heavy atom. The van der Waals surface area contributed by atoms with Crippen molar-refractivity contribution >= 4 is 56.7 Å². The fraction of sp³-hybridized carbons (Fsp3) is 0.480. The predicted molar refractivity (Wildman–Crippen MR) is 152 cm³/mol. The molecule has 1 aliphatic heterocycles. The van der Waals surface area contributed by atoms with Crippen LogP contribution in [0.15, 0.2) is 52.1 Å². The molecule has 0 spiro atoms. The molecule has 11 heteroatoms. The van der Waals surface area contributed by atoms with E-state index in [4.69, 9.17) is 16.3 Å². The summed E-state index contributed by atoms with van der Waals surface area (Å²) in [4.78, 5) is 7.05. The first kappa shape index (κ1) is 27.8. The fourth-order valence-electron chi connectivity index (χ4n) is 4.17. The molecule has 0 N–H and O–H groups in total. The Kier molecular flexibility index (Phi) is 8.97. The van der Waals surface area contributed by atoms with Crippen LogP contribution in [0.3, 0.4) is 0 Å². The molecule has 0 aliphatic carbocycles. The maximum absolute atomic E-state index is 13.5. The Balaban J connectivity index is 1.40. The molecule has 1 aliphatic rings. The SMILES string of the molecule is C[Si](C)(C)CCOCn1cnc2c(Br)cc(S(=O)(=O)N3CCN(CCc4ccc(Cl)cc4)CC3)cc21. The van der Waals surface area contributed by atoms with E-state index in [1.807, 2.05) is 28.8 Å². The van der Waals surface area contributed by atoms with Crippen LogP contribution in [0.1, 0.15) is 5.56 Å². The molecule has 1 aromatic heterocycles. The number of halogens is 2. The number of imidazole rings is 1. The molecule has 0 amide bonds. The lowest BCUT2D eigenvalue weighted by atomic mass is 10.1. The maximum Gasteiger partial charge on any atom is 0.243 e. The molecule has 0 atom stereocenters. The van der Waals surface area contributed by atoms with Crippen molar-refractivity contribution in [2.24, 2.45) is 0 Å². The van der Waals surface area contributed by atoms with Crippen molar-refractivity contribution in [3.63, 3.8) is 0 Å². The third-order valence-corrected chi connectivity index (χ3v) is 10.9. The zero-order valence-corrected chi connectivity index (χ0v) is 25.2. The second-order valence-corrected chi connectivity index (χ2v) is 19.3. The first-order valence-electron chi connectivity index (χ1n) is 12.2. The van der Waals surface area contributed by atoms with Gasteiger partial charge in [-0.15, -0.1) is 0 Å². The third-order valence-electron chi connectivity index (χ3n) is 6.48. The molecule has 2 aromatic carbocycles. The summed E-state index contributed by atoms with van der Waals surface area (Å²) in [6.07, 6.45) is 2.62. The van der Waals surface area contributed by atoms with Crippen LogP contribution in [0.5, 0.6) is 0 Å². The van der Waals surface area contributed by atoms with Gasteiger partial charge < -0.3 is 14.2 Å². The van der Waals surface area contributed by atoms with Crippen molar-refractivity contribution in [3.8, 4) is 0 Å². The van der Waals surface area contributed by atoms with Crippen molar-refractivity contribution in [2.45, 2.75) is 43.7 Å². The van der Waals surface area contributed by atoms with Crippen LogP contribution < -0.4 is 0 Å². The van der Waals surface area contributed by atoms with Gasteiger partial charge in [0.2, 0.25) is 10.0 Å². The summed E-state index contributed by atoms with van der Waals surface area (Å²) >= 11 is 9.50. The van der Waals surface area contributed by atoms with E-state index in [0.29, 0.717) is 44.0 Å². The Bertz CT molecular complexity index is 1290. The zero-order valence-electron chi connectivity index (χ0n) is 21.1. The molecule has 1 saturated heterocycles. The van der Waals surface area contributed by atoms with Gasteiger partial charge in [-0.25, -0.2) is 13.4 Å². The van der Waals surface area contributed by atoms with E-state index in [-0.39, 0.29) is 4.90 Å². The Morgan fingerprint density at radius 2 is 1.78 bits per heavy atom. The Labute approximate surface area is 228 Å². The number of hydrogen-bond donors (Lipinski definition) is 0. The number of nitrogens with zero attached hydrogens (tertiary/aromatic N) is 4. The van der Waals surface area contributed by atoms with Gasteiger partial charge in [-0.3, -0.25) is 0 Å². The molecule has 0 radical (unpaired) electrons. The standard InChI is InChI=1S/C25H34BrClN4O3SSi/c1-36(2,3)15-14-34-19-30-18-28-25-23(26)16-22(17-24(25)30)35(32,33)31-12-10-29(11-13-31)9-8-20-4-6-21(27)7-5-20/h4-7,16-18H,8-15,19H2,1-3H3. The minimum absolute atomic E-state index is 0.278. The highest BCUT2D eigenvalue weighted by Gasteiger charge is 2.29. The molecule has 196 valence electrons. The summed E-state index contributed by atoms with van der Waals surface area (Å²) in [5.41, 5.74) is 2.71. The van der Waals surface area contributed by atoms with Crippen LogP contribution in [0, 0.1) is 0 Å². The van der Waals surface area contributed by atoms with Gasteiger partial charge in [0.1, 0.15) is 12.2 Å². The second kappa shape index (κ2) is 11.6. The van der Waals surface area contributed by atoms with Crippen LogP contribution >= 0.6 is 27.5 Å². The summed E-state index contributed by atoms with van der Waals surface area (Å²) in [7, 11) is -4.80. The number of sulfonamides is 1. The fourth-order valence-corrected chi connectivity index (χ4v) is 7.23. The smallest absolute Gasteiger partial charge is 0.243 e. The summed E-state index contributed by atoms with van der Waals surface area (Å²) < 4.78 is 37.1. The van der Waals surface area contributed by atoms with Gasteiger partial charge in [0.25, 0.3) is 0 Å². The van der Waals surface area contributed by atoms with E-state index in [2.05, 4.69) is 45.5 Å². The molecular formula is C25H34BrClN4O3SSi. The summed E-state index contributed by atoms with van der Waals surface area (Å²) in [5, 5.41) is 0.736. The monoisotopic (exact) mass is 612 g/mol. The molecule has 7 nitrogen and oxygen atoms in total. The van der Waals surface area contributed by atoms with Crippen LogP contribution in [-0.4, -0.2) is 74.6 Å². The number of hydrogen-bond acceptors (Lipinski definition) is 5. The van der Waals surface area contributed by atoms with E-state index in [1.54, 1.807) is 22.8 Å². The van der Waals surface area contributed by atoms with Gasteiger partial charge in [0.15, 0.2) is 0 Å². The van der Waals surface area contributed by atoms with Crippen molar-refractivity contribution in [2.75, 3.05) is 39.3 Å². The van der Waals surface area contributed by atoms with Crippen LogP contribution in [0.4, 0.5) is 0 Å². The zero-order chi connectivity index (χ0) is 25.9. The van der Waals surface area contributed by atoms with E-state index in [1.165, 1.54) is 5.56 Å². The number of fused-ring (bicyclic) bond motifs is 1. The molecule has 1 fully saturated rings. The number of piperazine rings is 1. The maximum atomic E-state index is 13.5. The first-order chi connectivity index (χ1) is 17.0. The third kappa shape index (κ3) is 6.97. The molecule has 0 unspecified atom stereocenters.